The van der Waals surface area contributed by atoms with Gasteiger partial charge in [-0.05, 0) is 36.1 Å². The van der Waals surface area contributed by atoms with Crippen LogP contribution in [0.1, 0.15) is 5.01 Å². The highest BCUT2D eigenvalue weighted by Crippen LogP contribution is 2.36. The molecule has 0 saturated carbocycles. The van der Waals surface area contributed by atoms with E-state index in [1.807, 2.05) is 25.1 Å². The van der Waals surface area contributed by atoms with Crippen LogP contribution >= 0.6 is 11.3 Å². The third-order valence-corrected chi connectivity index (χ3v) is 4.89. The third-order valence-electron chi connectivity index (χ3n) is 4.09. The Morgan fingerprint density at radius 2 is 1.96 bits per heavy atom. The Morgan fingerprint density at radius 1 is 1.11 bits per heavy atom. The molecule has 2 heterocycles. The van der Waals surface area contributed by atoms with E-state index in [1.54, 1.807) is 24.4 Å². The number of aryl methyl sites for hydroxylation is 1. The zero-order valence-electron chi connectivity index (χ0n) is 14.3. The Hall–Kier alpha value is -3.01. The first-order valence-corrected chi connectivity index (χ1v) is 8.94. The monoisotopic (exact) mass is 378 g/mol. The fourth-order valence-electron chi connectivity index (χ4n) is 2.77. The molecule has 0 atom stereocenters. The van der Waals surface area contributed by atoms with Gasteiger partial charge in [0.1, 0.15) is 5.75 Å². The van der Waals surface area contributed by atoms with Gasteiger partial charge in [-0.2, -0.15) is 10.2 Å². The Morgan fingerprint density at radius 3 is 2.70 bits per heavy atom. The molecule has 134 valence electrons. The van der Waals surface area contributed by atoms with E-state index >= 15 is 0 Å². The summed E-state index contributed by atoms with van der Waals surface area (Å²) < 4.78 is 5.99. The molecule has 0 aliphatic carbocycles. The number of hydrogen-bond donors (Lipinski definition) is 3. The molecule has 9 heteroatoms. The fraction of sp³-hybridized carbons (Fsp3) is 0.0556. The van der Waals surface area contributed by atoms with Gasteiger partial charge in [0, 0.05) is 10.9 Å². The van der Waals surface area contributed by atoms with E-state index in [1.165, 1.54) is 17.5 Å². The fourth-order valence-corrected chi connectivity index (χ4v) is 3.40. The van der Waals surface area contributed by atoms with Gasteiger partial charge in [-0.25, -0.2) is 4.98 Å². The molecular weight excluding hydrogens is 363 g/mol. The van der Waals surface area contributed by atoms with Gasteiger partial charge in [-0.15, -0.1) is 0 Å². The molecule has 4 rings (SSSR count). The highest BCUT2D eigenvalue weighted by molar-refractivity contribution is 7.13. The van der Waals surface area contributed by atoms with E-state index in [4.69, 9.17) is 10.5 Å². The van der Waals surface area contributed by atoms with Crippen molar-refractivity contribution in [1.82, 2.24) is 15.2 Å². The Kier molecular flexibility index (Phi) is 4.48. The number of anilines is 1. The minimum absolute atomic E-state index is 0.358. The lowest BCUT2D eigenvalue weighted by molar-refractivity contribution is 0.425. The topological polar surface area (TPSA) is 114 Å². The molecule has 0 aliphatic rings. The zero-order chi connectivity index (χ0) is 19.0. The maximum atomic E-state index is 9.56. The van der Waals surface area contributed by atoms with E-state index in [-0.39, 0.29) is 0 Å². The van der Waals surface area contributed by atoms with Gasteiger partial charge in [-0.3, -0.25) is 0 Å². The molecule has 0 radical (unpaired) electrons. The van der Waals surface area contributed by atoms with E-state index in [9.17, 15) is 10.0 Å². The number of benzene rings is 2. The predicted octanol–water partition coefficient (Wildman–Crippen LogP) is 2.12. The van der Waals surface area contributed by atoms with Crippen LogP contribution in [-0.2, 0) is 0 Å². The van der Waals surface area contributed by atoms with Crippen LogP contribution in [0.3, 0.4) is 0 Å². The molecule has 4 N–H and O–H groups in total. The molecule has 2 aromatic carbocycles. The van der Waals surface area contributed by atoms with Crippen molar-refractivity contribution in [2.24, 2.45) is 0 Å². The van der Waals surface area contributed by atoms with Crippen molar-refractivity contribution in [1.29, 1.82) is 0 Å². The molecule has 0 amide bonds. The van der Waals surface area contributed by atoms with Crippen molar-refractivity contribution in [3.63, 3.8) is 0 Å². The number of ether oxygens (including phenoxy) is 1. The van der Waals surface area contributed by atoms with Crippen LogP contribution in [0.25, 0.3) is 22.0 Å². The van der Waals surface area contributed by atoms with Crippen molar-refractivity contribution in [3.8, 4) is 21.9 Å². The minimum Gasteiger partial charge on any atom is -0.444 e. The zero-order valence-corrected chi connectivity index (χ0v) is 15.1. The summed E-state index contributed by atoms with van der Waals surface area (Å²) in [5, 5.41) is 29.5. The van der Waals surface area contributed by atoms with Crippen LogP contribution < -0.4 is 15.9 Å². The number of rotatable bonds is 4. The van der Waals surface area contributed by atoms with Gasteiger partial charge in [-0.1, -0.05) is 29.5 Å². The maximum absolute atomic E-state index is 9.56. The molecular formula is C18H15BN4O3S. The molecule has 0 aliphatic heterocycles. The average Bonchev–Trinajstić information content (AvgIpc) is 3.06. The van der Waals surface area contributed by atoms with Crippen LogP contribution in [0.4, 0.5) is 5.69 Å². The smallest absolute Gasteiger partial charge is 0.444 e. The summed E-state index contributed by atoms with van der Waals surface area (Å²) >= 11 is 1.43. The quantitative estimate of drug-likeness (QED) is 0.466. The number of nitrogens with zero attached hydrogens (tertiary/aromatic N) is 3. The first-order valence-electron chi connectivity index (χ1n) is 8.13. The summed E-state index contributed by atoms with van der Waals surface area (Å²) in [5.41, 5.74) is 8.97. The van der Waals surface area contributed by atoms with E-state index < -0.39 is 7.12 Å². The van der Waals surface area contributed by atoms with Crippen LogP contribution in [0, 0.1) is 6.92 Å². The predicted molar refractivity (Wildman–Crippen MR) is 106 cm³/mol. The van der Waals surface area contributed by atoms with E-state index in [0.717, 1.165) is 16.0 Å². The second-order valence-corrected chi connectivity index (χ2v) is 7.16. The minimum atomic E-state index is -1.58. The third kappa shape index (κ3) is 3.48. The highest BCUT2D eigenvalue weighted by Gasteiger charge is 2.17. The standard InChI is InChI=1S/C18H15BN4O3S/c1-10-21-9-18(27-10)26-17-5-3-12(19(24)25)7-14(17)11-2-4-13-15(20)8-22-23-16(13)6-11/h2-9,24-25H,1H3,(H2,20,23). The Bertz CT molecular complexity index is 1130. The normalized spacial score (nSPS) is 10.9. The Balaban J connectivity index is 1.85. The van der Waals surface area contributed by atoms with Gasteiger partial charge in [0.25, 0.3) is 0 Å². The van der Waals surface area contributed by atoms with Crippen LogP contribution in [0.15, 0.2) is 48.8 Å². The molecule has 4 aromatic rings. The van der Waals surface area contributed by atoms with Gasteiger partial charge in [0.05, 0.1) is 28.6 Å². The number of fused-ring (bicyclic) bond motifs is 1. The van der Waals surface area contributed by atoms with Crippen LogP contribution in [0.2, 0.25) is 0 Å². The molecule has 0 unspecified atom stereocenters. The van der Waals surface area contributed by atoms with Crippen LogP contribution in [-0.4, -0.2) is 32.3 Å². The lowest BCUT2D eigenvalue weighted by atomic mass is 9.79. The lowest BCUT2D eigenvalue weighted by Crippen LogP contribution is -2.29. The first-order chi connectivity index (χ1) is 13.0. The average molecular weight is 378 g/mol. The van der Waals surface area contributed by atoms with Crippen molar-refractivity contribution in [3.05, 3.63) is 53.8 Å². The van der Waals surface area contributed by atoms with Crippen molar-refractivity contribution < 1.29 is 14.8 Å². The molecule has 7 nitrogen and oxygen atoms in total. The van der Waals surface area contributed by atoms with E-state index in [2.05, 4.69) is 15.2 Å². The van der Waals surface area contributed by atoms with Gasteiger partial charge >= 0.3 is 7.12 Å². The van der Waals surface area contributed by atoms with Gasteiger partial charge < -0.3 is 20.5 Å². The summed E-state index contributed by atoms with van der Waals surface area (Å²) in [6.45, 7) is 1.90. The first kappa shape index (κ1) is 17.4. The summed E-state index contributed by atoms with van der Waals surface area (Å²) in [7, 11) is -1.58. The van der Waals surface area contributed by atoms with Crippen molar-refractivity contribution in [2.75, 3.05) is 5.73 Å². The van der Waals surface area contributed by atoms with Crippen molar-refractivity contribution in [2.45, 2.75) is 6.92 Å². The van der Waals surface area contributed by atoms with Gasteiger partial charge in [0.15, 0.2) is 0 Å². The molecule has 0 saturated heterocycles. The molecule has 0 fully saturated rings. The number of thiazole rings is 1. The number of aromatic nitrogens is 3. The van der Waals surface area contributed by atoms with Gasteiger partial charge in [0.2, 0.25) is 5.06 Å². The maximum Gasteiger partial charge on any atom is 0.488 e. The van der Waals surface area contributed by atoms with Crippen LogP contribution in [0.5, 0.6) is 10.8 Å². The number of nitrogens with two attached hydrogens (primary N) is 1. The summed E-state index contributed by atoms with van der Waals surface area (Å²) in [5.74, 6) is 0.569. The molecule has 2 aromatic heterocycles. The molecule has 0 bridgehead atoms. The SMILES string of the molecule is Cc1ncc(Oc2ccc(B(O)O)cc2-c2ccc3c(N)cnnc3c2)s1. The summed E-state index contributed by atoms with van der Waals surface area (Å²) in [6.07, 6.45) is 3.16. The summed E-state index contributed by atoms with van der Waals surface area (Å²) in [6, 6.07) is 10.6. The summed E-state index contributed by atoms with van der Waals surface area (Å²) in [4.78, 5) is 4.19. The Labute approximate surface area is 159 Å². The highest BCUT2D eigenvalue weighted by atomic mass is 32.1. The molecule has 0 spiro atoms. The van der Waals surface area contributed by atoms with E-state index in [0.29, 0.717) is 33.0 Å². The number of hydrogen-bond acceptors (Lipinski definition) is 8. The second-order valence-electron chi connectivity index (χ2n) is 5.96. The molecule has 27 heavy (non-hydrogen) atoms. The largest absolute Gasteiger partial charge is 0.488 e. The second kappa shape index (κ2) is 6.95. The number of nitrogen functional groups attached to an aromatic ring is 1. The van der Waals surface area contributed by atoms with Crippen molar-refractivity contribution >= 4 is 40.5 Å². The lowest BCUT2D eigenvalue weighted by Gasteiger charge is -2.13.